The number of halogens is 1. The molecule has 0 saturated carbocycles. The lowest BCUT2D eigenvalue weighted by Crippen LogP contribution is -2.36. The molecule has 6 nitrogen and oxygen atoms in total. The largest absolute Gasteiger partial charge is 0.494 e. The second-order valence-electron chi connectivity index (χ2n) is 6.37. The van der Waals surface area contributed by atoms with Crippen LogP contribution in [0.5, 0.6) is 5.75 Å². The molecule has 2 N–H and O–H groups in total. The Balaban J connectivity index is 1.70. The molecule has 0 aliphatic carbocycles. The van der Waals surface area contributed by atoms with E-state index in [0.717, 1.165) is 35.4 Å². The second-order valence-corrected chi connectivity index (χ2v) is 7.28. The first-order chi connectivity index (χ1) is 13.6. The predicted octanol–water partition coefficient (Wildman–Crippen LogP) is 4.22. The number of carbonyl (C=O) groups excluding carboxylic acids is 1. The Hall–Kier alpha value is -2.38. The van der Waals surface area contributed by atoms with E-state index in [0.29, 0.717) is 24.7 Å². The number of guanidine groups is 1. The van der Waals surface area contributed by atoms with Gasteiger partial charge in [-0.15, -0.1) is 0 Å². The second kappa shape index (κ2) is 10.2. The third-order valence-electron chi connectivity index (χ3n) is 4.24. The van der Waals surface area contributed by atoms with Gasteiger partial charge in [0, 0.05) is 22.3 Å². The summed E-state index contributed by atoms with van der Waals surface area (Å²) in [6.07, 6.45) is 2.14. The maximum absolute atomic E-state index is 12.7. The first kappa shape index (κ1) is 20.4. The molecular weight excluding hydrogens is 422 g/mol. The van der Waals surface area contributed by atoms with Gasteiger partial charge in [0.1, 0.15) is 5.75 Å². The third-order valence-corrected chi connectivity index (χ3v) is 4.77. The zero-order chi connectivity index (χ0) is 19.8. The van der Waals surface area contributed by atoms with Crippen LogP contribution in [0.4, 0.5) is 5.69 Å². The van der Waals surface area contributed by atoms with E-state index in [1.165, 1.54) is 0 Å². The highest BCUT2D eigenvalue weighted by Crippen LogP contribution is 2.16. The molecule has 1 aliphatic heterocycles. The summed E-state index contributed by atoms with van der Waals surface area (Å²) in [7, 11) is 0. The van der Waals surface area contributed by atoms with Crippen LogP contribution in [0.2, 0.25) is 0 Å². The molecule has 28 heavy (non-hydrogen) atoms. The summed E-state index contributed by atoms with van der Waals surface area (Å²) in [6.45, 7) is 3.78. The minimum Gasteiger partial charge on any atom is -0.494 e. The lowest BCUT2D eigenvalue weighted by Gasteiger charge is -2.13. The summed E-state index contributed by atoms with van der Waals surface area (Å²) < 4.78 is 12.0. The molecule has 148 valence electrons. The van der Waals surface area contributed by atoms with E-state index < -0.39 is 0 Å². The molecule has 2 aromatic rings. The van der Waals surface area contributed by atoms with Gasteiger partial charge in [-0.2, -0.15) is 0 Å². The highest BCUT2D eigenvalue weighted by Gasteiger charge is 2.16. The zero-order valence-corrected chi connectivity index (χ0v) is 17.4. The normalized spacial score (nSPS) is 16.6. The van der Waals surface area contributed by atoms with Gasteiger partial charge in [-0.3, -0.25) is 10.1 Å². The number of carbonyl (C=O) groups is 1. The van der Waals surface area contributed by atoms with Gasteiger partial charge in [-0.1, -0.05) is 15.9 Å². The number of amides is 1. The number of benzene rings is 2. The van der Waals surface area contributed by atoms with Gasteiger partial charge in [0.05, 0.1) is 19.3 Å². The maximum atomic E-state index is 12.7. The quantitative estimate of drug-likeness (QED) is 0.515. The standard InChI is InChI=1S/C21H24BrN3O3/c1-2-27-18-11-5-15(6-12-18)20(26)25-21(23-14-19-4-3-13-28-19)24-17-9-7-16(22)8-10-17/h5-12,19H,2-4,13-14H2,1H3,(H2,23,24,25,26)/t19-/m1/s1. The van der Waals surface area contributed by atoms with E-state index in [9.17, 15) is 4.79 Å². The van der Waals surface area contributed by atoms with Gasteiger partial charge >= 0.3 is 0 Å². The van der Waals surface area contributed by atoms with E-state index in [4.69, 9.17) is 9.47 Å². The Labute approximate surface area is 173 Å². The van der Waals surface area contributed by atoms with Crippen molar-refractivity contribution in [2.45, 2.75) is 25.9 Å². The first-order valence-corrected chi connectivity index (χ1v) is 10.2. The van der Waals surface area contributed by atoms with E-state index in [2.05, 4.69) is 31.6 Å². The molecule has 3 rings (SSSR count). The monoisotopic (exact) mass is 445 g/mol. The summed E-state index contributed by atoms with van der Waals surface area (Å²) in [5.41, 5.74) is 1.37. The third kappa shape index (κ3) is 6.07. The van der Waals surface area contributed by atoms with Crippen LogP contribution in [0.15, 0.2) is 58.0 Å². The molecule has 0 bridgehead atoms. The summed E-state index contributed by atoms with van der Waals surface area (Å²) >= 11 is 3.42. The fourth-order valence-corrected chi connectivity index (χ4v) is 3.07. The highest BCUT2D eigenvalue weighted by molar-refractivity contribution is 9.10. The maximum Gasteiger partial charge on any atom is 0.257 e. The van der Waals surface area contributed by atoms with Crippen LogP contribution in [-0.4, -0.2) is 37.7 Å². The molecule has 1 aliphatic rings. The van der Waals surface area contributed by atoms with Crippen LogP contribution in [0.3, 0.4) is 0 Å². The fourth-order valence-electron chi connectivity index (χ4n) is 2.81. The zero-order valence-electron chi connectivity index (χ0n) is 15.8. The van der Waals surface area contributed by atoms with Crippen LogP contribution in [0.25, 0.3) is 0 Å². The topological polar surface area (TPSA) is 72.0 Å². The molecule has 0 spiro atoms. The number of rotatable bonds is 6. The number of ether oxygens (including phenoxy) is 2. The number of anilines is 1. The molecule has 0 aromatic heterocycles. The first-order valence-electron chi connectivity index (χ1n) is 9.37. The van der Waals surface area contributed by atoms with Crippen molar-refractivity contribution in [2.24, 2.45) is 4.99 Å². The smallest absolute Gasteiger partial charge is 0.257 e. The van der Waals surface area contributed by atoms with E-state index in [1.807, 2.05) is 31.2 Å². The van der Waals surface area contributed by atoms with Crippen LogP contribution < -0.4 is 15.4 Å². The van der Waals surface area contributed by atoms with Crippen LogP contribution in [0, 0.1) is 0 Å². The Morgan fingerprint density at radius 1 is 1.21 bits per heavy atom. The summed E-state index contributed by atoms with van der Waals surface area (Å²) in [5.74, 6) is 0.898. The molecule has 1 fully saturated rings. The summed E-state index contributed by atoms with van der Waals surface area (Å²) in [5, 5.41) is 6.04. The SMILES string of the molecule is CCOc1ccc(C(=O)NC(=NC[C@H]2CCCO2)Nc2ccc(Br)cc2)cc1. The summed E-state index contributed by atoms with van der Waals surface area (Å²) in [6, 6.07) is 14.7. The van der Waals surface area contributed by atoms with Crippen LogP contribution >= 0.6 is 15.9 Å². The Morgan fingerprint density at radius 2 is 1.96 bits per heavy atom. The number of nitrogens with one attached hydrogen (secondary N) is 2. The summed E-state index contributed by atoms with van der Waals surface area (Å²) in [4.78, 5) is 17.2. The lowest BCUT2D eigenvalue weighted by atomic mass is 10.2. The van der Waals surface area contributed by atoms with E-state index >= 15 is 0 Å². The average molecular weight is 446 g/mol. The van der Waals surface area contributed by atoms with Gasteiger partial charge in [0.2, 0.25) is 5.96 Å². The fraction of sp³-hybridized carbons (Fsp3) is 0.333. The highest BCUT2D eigenvalue weighted by atomic mass is 79.9. The Morgan fingerprint density at radius 3 is 2.61 bits per heavy atom. The number of hydrogen-bond acceptors (Lipinski definition) is 4. The Bertz CT molecular complexity index is 801. The van der Waals surface area contributed by atoms with Crippen molar-refractivity contribution in [3.8, 4) is 5.75 Å². The number of aliphatic imine (C=N–C) groups is 1. The van der Waals surface area contributed by atoms with E-state index in [1.54, 1.807) is 24.3 Å². The molecule has 1 amide bonds. The van der Waals surface area contributed by atoms with Crippen molar-refractivity contribution in [1.29, 1.82) is 0 Å². The molecule has 0 unspecified atom stereocenters. The van der Waals surface area contributed by atoms with Gasteiger partial charge in [0.15, 0.2) is 0 Å². The predicted molar refractivity (Wildman–Crippen MR) is 114 cm³/mol. The van der Waals surface area contributed by atoms with Crippen molar-refractivity contribution >= 4 is 33.5 Å². The van der Waals surface area contributed by atoms with Crippen molar-refractivity contribution in [1.82, 2.24) is 5.32 Å². The van der Waals surface area contributed by atoms with Crippen molar-refractivity contribution in [3.05, 3.63) is 58.6 Å². The number of hydrogen-bond donors (Lipinski definition) is 2. The average Bonchev–Trinajstić information content (AvgIpc) is 3.22. The molecule has 2 aromatic carbocycles. The molecule has 1 saturated heterocycles. The van der Waals surface area contributed by atoms with Gasteiger partial charge in [0.25, 0.3) is 5.91 Å². The molecule has 7 heteroatoms. The van der Waals surface area contributed by atoms with Crippen molar-refractivity contribution in [2.75, 3.05) is 25.1 Å². The van der Waals surface area contributed by atoms with E-state index in [-0.39, 0.29) is 12.0 Å². The van der Waals surface area contributed by atoms with Gasteiger partial charge < -0.3 is 14.8 Å². The van der Waals surface area contributed by atoms with Crippen LogP contribution in [0.1, 0.15) is 30.1 Å². The minimum atomic E-state index is -0.237. The van der Waals surface area contributed by atoms with Crippen molar-refractivity contribution < 1.29 is 14.3 Å². The number of nitrogens with zero attached hydrogens (tertiary/aromatic N) is 1. The lowest BCUT2D eigenvalue weighted by molar-refractivity contribution is 0.0975. The molecule has 0 radical (unpaired) electrons. The van der Waals surface area contributed by atoms with Gasteiger partial charge in [-0.05, 0) is 68.3 Å². The molecule has 1 atom stereocenters. The Kier molecular flexibility index (Phi) is 7.45. The van der Waals surface area contributed by atoms with Crippen LogP contribution in [-0.2, 0) is 4.74 Å². The van der Waals surface area contributed by atoms with Crippen molar-refractivity contribution in [3.63, 3.8) is 0 Å². The molecule has 1 heterocycles. The minimum absolute atomic E-state index is 0.101. The van der Waals surface area contributed by atoms with Gasteiger partial charge in [-0.25, -0.2) is 4.99 Å². The molecular formula is C21H24BrN3O3.